The smallest absolute Gasteiger partial charge is 0.148 e. The van der Waals surface area contributed by atoms with Gasteiger partial charge in [-0.2, -0.15) is 0 Å². The Bertz CT molecular complexity index is 538. The van der Waals surface area contributed by atoms with Gasteiger partial charge in [0.05, 0.1) is 0 Å². The lowest BCUT2D eigenvalue weighted by molar-refractivity contribution is 0.465. The summed E-state index contributed by atoms with van der Waals surface area (Å²) < 4.78 is 0. The number of nitrogens with two attached hydrogens (primary N) is 1. The molecule has 1 aromatic heterocycles. The van der Waals surface area contributed by atoms with Gasteiger partial charge < -0.3 is 10.7 Å². The van der Waals surface area contributed by atoms with Gasteiger partial charge in [-0.1, -0.05) is 20.8 Å². The normalized spacial score (nSPS) is 20.2. The Morgan fingerprint density at radius 3 is 2.29 bits per heavy atom. The van der Waals surface area contributed by atoms with Crippen LogP contribution in [0.2, 0.25) is 0 Å². The second-order valence-electron chi connectivity index (χ2n) is 7.75. The average molecular weight is 289 g/mol. The zero-order chi connectivity index (χ0) is 15.3. The van der Waals surface area contributed by atoms with Gasteiger partial charge in [0.25, 0.3) is 0 Å². The zero-order valence-electron chi connectivity index (χ0n) is 13.6. The first-order valence-electron chi connectivity index (χ1n) is 7.95. The Morgan fingerprint density at radius 1 is 1.19 bits per heavy atom. The van der Waals surface area contributed by atoms with Crippen LogP contribution in [-0.4, -0.2) is 16.5 Å². The molecule has 1 aromatic rings. The molecule has 0 spiro atoms. The highest BCUT2D eigenvalue weighted by Crippen LogP contribution is 2.61. The van der Waals surface area contributed by atoms with E-state index in [0.29, 0.717) is 11.2 Å². The standard InChI is InChI=1S/C16H27N5/c1-10-12(18-9-16(7-8-16)11-5-6-11)19-14(15(2,3)4)20-13(10)21-17/h11H,5-9,17H2,1-4H3,(H2,18,19,20,21). The lowest BCUT2D eigenvalue weighted by Gasteiger charge is -2.22. The summed E-state index contributed by atoms with van der Waals surface area (Å²) in [4.78, 5) is 9.29. The molecular formula is C16H27N5. The van der Waals surface area contributed by atoms with Gasteiger partial charge in [0.2, 0.25) is 0 Å². The molecule has 0 bridgehead atoms. The highest BCUT2D eigenvalue weighted by Gasteiger charge is 2.53. The van der Waals surface area contributed by atoms with Crippen LogP contribution >= 0.6 is 0 Å². The van der Waals surface area contributed by atoms with E-state index in [2.05, 4.69) is 36.5 Å². The summed E-state index contributed by atoms with van der Waals surface area (Å²) in [5, 5.41) is 3.58. The van der Waals surface area contributed by atoms with Gasteiger partial charge in [0.15, 0.2) is 0 Å². The van der Waals surface area contributed by atoms with Crippen LogP contribution in [0.25, 0.3) is 0 Å². The predicted molar refractivity (Wildman–Crippen MR) is 86.2 cm³/mol. The van der Waals surface area contributed by atoms with E-state index in [4.69, 9.17) is 10.8 Å². The molecule has 3 rings (SSSR count). The number of hydrogen-bond acceptors (Lipinski definition) is 5. The van der Waals surface area contributed by atoms with Crippen LogP contribution in [0.1, 0.15) is 57.8 Å². The van der Waals surface area contributed by atoms with Crippen molar-refractivity contribution >= 4 is 11.6 Å². The van der Waals surface area contributed by atoms with E-state index in [-0.39, 0.29) is 5.41 Å². The molecule has 116 valence electrons. The van der Waals surface area contributed by atoms with Crippen molar-refractivity contribution in [3.63, 3.8) is 0 Å². The van der Waals surface area contributed by atoms with Crippen LogP contribution in [0, 0.1) is 18.3 Å². The second-order valence-corrected chi connectivity index (χ2v) is 7.75. The van der Waals surface area contributed by atoms with Gasteiger partial charge in [-0.3, -0.25) is 0 Å². The molecule has 2 fully saturated rings. The predicted octanol–water partition coefficient (Wildman–Crippen LogP) is 2.97. The Balaban J connectivity index is 1.82. The van der Waals surface area contributed by atoms with Crippen LogP contribution in [0.4, 0.5) is 11.6 Å². The maximum Gasteiger partial charge on any atom is 0.148 e. The van der Waals surface area contributed by atoms with Crippen molar-refractivity contribution in [3.8, 4) is 0 Å². The Kier molecular flexibility index (Phi) is 3.35. The van der Waals surface area contributed by atoms with Crippen LogP contribution in [0.15, 0.2) is 0 Å². The molecule has 0 radical (unpaired) electrons. The van der Waals surface area contributed by atoms with Gasteiger partial charge in [-0.15, -0.1) is 0 Å². The first kappa shape index (κ1) is 14.6. The third kappa shape index (κ3) is 2.84. The maximum absolute atomic E-state index is 5.62. The van der Waals surface area contributed by atoms with Gasteiger partial charge in [0, 0.05) is 17.5 Å². The highest BCUT2D eigenvalue weighted by atomic mass is 15.3. The number of nitrogen functional groups attached to an aromatic ring is 1. The Morgan fingerprint density at radius 2 is 1.81 bits per heavy atom. The SMILES string of the molecule is Cc1c(NN)nc(C(C)(C)C)nc1NCC1(C2CC2)CC1. The van der Waals surface area contributed by atoms with Crippen molar-refractivity contribution in [1.29, 1.82) is 0 Å². The molecule has 2 saturated carbocycles. The van der Waals surface area contributed by atoms with Crippen LogP contribution < -0.4 is 16.6 Å². The first-order chi connectivity index (χ1) is 9.86. The number of rotatable bonds is 5. The molecule has 0 amide bonds. The zero-order valence-corrected chi connectivity index (χ0v) is 13.6. The third-order valence-corrected chi connectivity index (χ3v) is 4.90. The van der Waals surface area contributed by atoms with E-state index in [9.17, 15) is 0 Å². The van der Waals surface area contributed by atoms with E-state index >= 15 is 0 Å². The molecule has 5 nitrogen and oxygen atoms in total. The quantitative estimate of drug-likeness (QED) is 0.574. The molecular weight excluding hydrogens is 262 g/mol. The number of hydrazine groups is 1. The largest absolute Gasteiger partial charge is 0.369 e. The Hall–Kier alpha value is -1.36. The van der Waals surface area contributed by atoms with Gasteiger partial charge in [0.1, 0.15) is 17.5 Å². The van der Waals surface area contributed by atoms with E-state index in [0.717, 1.165) is 29.7 Å². The van der Waals surface area contributed by atoms with Crippen molar-refractivity contribution in [2.75, 3.05) is 17.3 Å². The lowest BCUT2D eigenvalue weighted by atomic mass is 9.95. The van der Waals surface area contributed by atoms with E-state index in [1.807, 2.05) is 6.92 Å². The van der Waals surface area contributed by atoms with E-state index in [1.165, 1.54) is 25.7 Å². The minimum absolute atomic E-state index is 0.0938. The molecule has 0 atom stereocenters. The Labute approximate surface area is 127 Å². The molecule has 2 aliphatic carbocycles. The number of aromatic nitrogens is 2. The first-order valence-corrected chi connectivity index (χ1v) is 7.95. The van der Waals surface area contributed by atoms with Gasteiger partial charge >= 0.3 is 0 Å². The third-order valence-electron chi connectivity index (χ3n) is 4.90. The molecule has 5 heteroatoms. The minimum atomic E-state index is -0.0938. The van der Waals surface area contributed by atoms with E-state index < -0.39 is 0 Å². The van der Waals surface area contributed by atoms with Crippen LogP contribution in [-0.2, 0) is 5.41 Å². The summed E-state index contributed by atoms with van der Waals surface area (Å²) in [5.41, 5.74) is 4.16. The van der Waals surface area contributed by atoms with Gasteiger partial charge in [-0.05, 0) is 43.9 Å². The summed E-state index contributed by atoms with van der Waals surface area (Å²) in [6, 6.07) is 0. The number of hydrogen-bond donors (Lipinski definition) is 3. The lowest BCUT2D eigenvalue weighted by Crippen LogP contribution is -2.23. The molecule has 0 aliphatic heterocycles. The van der Waals surface area contributed by atoms with Crippen molar-refractivity contribution in [1.82, 2.24) is 9.97 Å². The number of nitrogens with zero attached hydrogens (tertiary/aromatic N) is 2. The molecule has 2 aliphatic rings. The summed E-state index contributed by atoms with van der Waals surface area (Å²) in [7, 11) is 0. The van der Waals surface area contributed by atoms with Crippen LogP contribution in [0.3, 0.4) is 0 Å². The summed E-state index contributed by atoms with van der Waals surface area (Å²) in [6.45, 7) is 9.40. The molecule has 0 aromatic carbocycles. The van der Waals surface area contributed by atoms with Crippen molar-refractivity contribution in [2.45, 2.75) is 58.8 Å². The summed E-state index contributed by atoms with van der Waals surface area (Å²) in [6.07, 6.45) is 5.55. The second kappa shape index (κ2) is 4.83. The monoisotopic (exact) mass is 289 g/mol. The summed E-state index contributed by atoms with van der Waals surface area (Å²) >= 11 is 0. The van der Waals surface area contributed by atoms with Crippen molar-refractivity contribution in [2.24, 2.45) is 17.2 Å². The molecule has 0 unspecified atom stereocenters. The molecule has 1 heterocycles. The van der Waals surface area contributed by atoms with Crippen LogP contribution in [0.5, 0.6) is 0 Å². The minimum Gasteiger partial charge on any atom is -0.369 e. The topological polar surface area (TPSA) is 75.9 Å². The summed E-state index contributed by atoms with van der Waals surface area (Å²) in [5.74, 6) is 9.02. The van der Waals surface area contributed by atoms with E-state index in [1.54, 1.807) is 0 Å². The fourth-order valence-corrected chi connectivity index (χ4v) is 3.01. The highest BCUT2D eigenvalue weighted by molar-refractivity contribution is 5.57. The van der Waals surface area contributed by atoms with Gasteiger partial charge in [-0.25, -0.2) is 15.8 Å². The number of anilines is 2. The maximum atomic E-state index is 5.62. The van der Waals surface area contributed by atoms with Crippen molar-refractivity contribution in [3.05, 3.63) is 11.4 Å². The number of nitrogens with one attached hydrogen (secondary N) is 2. The average Bonchev–Trinajstić information content (AvgIpc) is 3.27. The fourth-order valence-electron chi connectivity index (χ4n) is 3.01. The molecule has 21 heavy (non-hydrogen) atoms. The van der Waals surface area contributed by atoms with Crippen molar-refractivity contribution < 1.29 is 0 Å². The molecule has 4 N–H and O–H groups in total. The molecule has 0 saturated heterocycles. The fraction of sp³-hybridized carbons (Fsp3) is 0.750.